The summed E-state index contributed by atoms with van der Waals surface area (Å²) in [5.74, 6) is -2.45. The summed E-state index contributed by atoms with van der Waals surface area (Å²) in [6.45, 7) is 0. The van der Waals surface area contributed by atoms with E-state index in [0.29, 0.717) is 6.07 Å². The molecule has 0 aliphatic carbocycles. The van der Waals surface area contributed by atoms with Crippen molar-refractivity contribution in [3.8, 4) is 0 Å². The van der Waals surface area contributed by atoms with Crippen LogP contribution in [0.2, 0.25) is 5.02 Å². The number of rotatable bonds is 2. The lowest BCUT2D eigenvalue weighted by molar-refractivity contribution is 0.587. The van der Waals surface area contributed by atoms with Gasteiger partial charge in [-0.15, -0.1) is 0 Å². The maximum atomic E-state index is 13.6. The van der Waals surface area contributed by atoms with Crippen LogP contribution in [-0.2, 0) is 0 Å². The van der Waals surface area contributed by atoms with Crippen molar-refractivity contribution in [3.63, 3.8) is 0 Å². The molecule has 0 radical (unpaired) electrons. The van der Waals surface area contributed by atoms with Crippen molar-refractivity contribution in [2.24, 2.45) is 0 Å². The summed E-state index contributed by atoms with van der Waals surface area (Å²) < 4.78 is 39.8. The van der Waals surface area contributed by atoms with Gasteiger partial charge in [0.2, 0.25) is 0 Å². The van der Waals surface area contributed by atoms with Crippen LogP contribution in [0.15, 0.2) is 30.3 Å². The summed E-state index contributed by atoms with van der Waals surface area (Å²) in [4.78, 5) is 0. The van der Waals surface area contributed by atoms with E-state index in [-0.39, 0.29) is 22.1 Å². The zero-order valence-corrected chi connectivity index (χ0v) is 9.73. The molecule has 18 heavy (non-hydrogen) atoms. The van der Waals surface area contributed by atoms with Crippen molar-refractivity contribution in [3.05, 3.63) is 52.8 Å². The molecular formula is C12H8ClF3N2. The summed E-state index contributed by atoms with van der Waals surface area (Å²) >= 11 is 5.59. The first-order valence-electron chi connectivity index (χ1n) is 4.94. The molecule has 0 spiro atoms. The molecule has 2 aromatic rings. The smallest absolute Gasteiger partial charge is 0.165 e. The molecule has 0 aliphatic heterocycles. The molecule has 0 heterocycles. The van der Waals surface area contributed by atoms with Gasteiger partial charge in [-0.3, -0.25) is 0 Å². The molecular weight excluding hydrogens is 265 g/mol. The van der Waals surface area contributed by atoms with Gasteiger partial charge in [-0.2, -0.15) is 0 Å². The third-order valence-corrected chi connectivity index (χ3v) is 2.61. The van der Waals surface area contributed by atoms with Crippen molar-refractivity contribution in [1.82, 2.24) is 0 Å². The predicted octanol–water partition coefficient (Wildman–Crippen LogP) is 4.08. The van der Waals surface area contributed by atoms with E-state index in [9.17, 15) is 13.2 Å². The van der Waals surface area contributed by atoms with Crippen LogP contribution in [0.4, 0.5) is 30.2 Å². The van der Waals surface area contributed by atoms with Crippen molar-refractivity contribution in [1.29, 1.82) is 0 Å². The highest BCUT2D eigenvalue weighted by molar-refractivity contribution is 6.31. The van der Waals surface area contributed by atoms with Gasteiger partial charge < -0.3 is 11.1 Å². The largest absolute Gasteiger partial charge is 0.395 e. The number of anilines is 3. The maximum Gasteiger partial charge on any atom is 0.165 e. The van der Waals surface area contributed by atoms with E-state index < -0.39 is 17.5 Å². The van der Waals surface area contributed by atoms with Gasteiger partial charge >= 0.3 is 0 Å². The van der Waals surface area contributed by atoms with E-state index in [1.165, 1.54) is 18.2 Å². The fraction of sp³-hybridized carbons (Fsp3) is 0. The van der Waals surface area contributed by atoms with Crippen LogP contribution in [0.25, 0.3) is 0 Å². The van der Waals surface area contributed by atoms with E-state index >= 15 is 0 Å². The van der Waals surface area contributed by atoms with E-state index in [4.69, 9.17) is 17.3 Å². The number of benzene rings is 2. The van der Waals surface area contributed by atoms with E-state index in [1.54, 1.807) is 0 Å². The molecule has 94 valence electrons. The van der Waals surface area contributed by atoms with Crippen molar-refractivity contribution < 1.29 is 13.2 Å². The number of nitrogens with one attached hydrogen (secondary N) is 1. The second-order valence-corrected chi connectivity index (χ2v) is 3.98. The number of hydrogen-bond acceptors (Lipinski definition) is 2. The molecule has 0 saturated carbocycles. The lowest BCUT2D eigenvalue weighted by Crippen LogP contribution is -2.01. The Hall–Kier alpha value is -1.88. The zero-order chi connectivity index (χ0) is 13.3. The van der Waals surface area contributed by atoms with Crippen LogP contribution >= 0.6 is 11.6 Å². The minimum absolute atomic E-state index is 0.0146. The molecule has 0 amide bonds. The third kappa shape index (κ3) is 2.36. The standard InChI is InChI=1S/C12H8ClF3N2/c13-7-2-1-3-9(11(7)16)18-10-5-6(14)4-8(15)12(10)17/h1-5,18H,17H2. The molecule has 6 heteroatoms. The molecule has 0 fully saturated rings. The fourth-order valence-corrected chi connectivity index (χ4v) is 1.61. The van der Waals surface area contributed by atoms with Gasteiger partial charge in [0.05, 0.1) is 22.1 Å². The molecule has 2 nitrogen and oxygen atoms in total. The fourth-order valence-electron chi connectivity index (χ4n) is 1.43. The SMILES string of the molecule is Nc1c(F)cc(F)cc1Nc1cccc(Cl)c1F. The summed E-state index contributed by atoms with van der Waals surface area (Å²) in [5.41, 5.74) is 5.06. The average Bonchev–Trinajstić information content (AvgIpc) is 2.31. The first kappa shape index (κ1) is 12.6. The lowest BCUT2D eigenvalue weighted by atomic mass is 10.2. The van der Waals surface area contributed by atoms with Gasteiger partial charge in [0, 0.05) is 6.07 Å². The predicted molar refractivity (Wildman–Crippen MR) is 65.5 cm³/mol. The van der Waals surface area contributed by atoms with Gasteiger partial charge in [0.1, 0.15) is 5.82 Å². The van der Waals surface area contributed by atoms with Crippen LogP contribution in [0, 0.1) is 17.5 Å². The number of nitrogens with two attached hydrogens (primary N) is 1. The molecule has 2 aromatic carbocycles. The monoisotopic (exact) mass is 272 g/mol. The Morgan fingerprint density at radius 2 is 1.78 bits per heavy atom. The summed E-state index contributed by atoms with van der Waals surface area (Å²) in [7, 11) is 0. The van der Waals surface area contributed by atoms with Gasteiger partial charge in [-0.05, 0) is 18.2 Å². The quantitative estimate of drug-likeness (QED) is 0.808. The normalized spacial score (nSPS) is 10.4. The molecule has 0 aromatic heterocycles. The van der Waals surface area contributed by atoms with Gasteiger partial charge in [-0.25, -0.2) is 13.2 Å². The first-order valence-corrected chi connectivity index (χ1v) is 5.32. The molecule has 3 N–H and O–H groups in total. The maximum absolute atomic E-state index is 13.6. The van der Waals surface area contributed by atoms with Crippen molar-refractivity contribution >= 4 is 28.7 Å². The summed E-state index contributed by atoms with van der Waals surface area (Å²) in [6.07, 6.45) is 0. The topological polar surface area (TPSA) is 38.0 Å². The highest BCUT2D eigenvalue weighted by Gasteiger charge is 2.11. The van der Waals surface area contributed by atoms with Crippen LogP contribution in [-0.4, -0.2) is 0 Å². The van der Waals surface area contributed by atoms with Crippen molar-refractivity contribution in [2.75, 3.05) is 11.1 Å². The van der Waals surface area contributed by atoms with Gasteiger partial charge in [0.25, 0.3) is 0 Å². The van der Waals surface area contributed by atoms with Crippen LogP contribution in [0.3, 0.4) is 0 Å². The summed E-state index contributed by atoms with van der Waals surface area (Å²) in [6, 6.07) is 5.86. The molecule has 0 atom stereocenters. The van der Waals surface area contributed by atoms with E-state index in [1.807, 2.05) is 0 Å². The lowest BCUT2D eigenvalue weighted by Gasteiger charge is -2.11. The van der Waals surface area contributed by atoms with Crippen LogP contribution in [0.5, 0.6) is 0 Å². The second kappa shape index (κ2) is 4.78. The molecule has 0 saturated heterocycles. The highest BCUT2D eigenvalue weighted by Crippen LogP contribution is 2.30. The Bertz CT molecular complexity index is 602. The van der Waals surface area contributed by atoms with Crippen molar-refractivity contribution in [2.45, 2.75) is 0 Å². The minimum atomic E-state index is -0.917. The van der Waals surface area contributed by atoms with Crippen LogP contribution in [0.1, 0.15) is 0 Å². The Labute approximate surface area is 106 Å². The molecule has 0 unspecified atom stereocenters. The second-order valence-electron chi connectivity index (χ2n) is 3.58. The Kier molecular flexibility index (Phi) is 3.34. The van der Waals surface area contributed by atoms with Gasteiger partial charge in [0.15, 0.2) is 11.6 Å². The Morgan fingerprint density at radius 1 is 1.06 bits per heavy atom. The zero-order valence-electron chi connectivity index (χ0n) is 8.98. The minimum Gasteiger partial charge on any atom is -0.395 e. The number of nitrogen functional groups attached to an aromatic ring is 1. The first-order chi connectivity index (χ1) is 8.49. The number of hydrogen-bond donors (Lipinski definition) is 2. The molecule has 0 bridgehead atoms. The molecule has 0 aliphatic rings. The van der Waals surface area contributed by atoms with Gasteiger partial charge in [-0.1, -0.05) is 17.7 Å². The highest BCUT2D eigenvalue weighted by atomic mass is 35.5. The average molecular weight is 273 g/mol. The van der Waals surface area contributed by atoms with Crippen LogP contribution < -0.4 is 11.1 Å². The molecule has 2 rings (SSSR count). The number of halogens is 4. The third-order valence-electron chi connectivity index (χ3n) is 2.32. The Balaban J connectivity index is 2.43. The van der Waals surface area contributed by atoms with E-state index in [2.05, 4.69) is 5.32 Å². The Morgan fingerprint density at radius 3 is 2.50 bits per heavy atom. The summed E-state index contributed by atoms with van der Waals surface area (Å²) in [5, 5.41) is 2.40. The van der Waals surface area contributed by atoms with E-state index in [0.717, 1.165) is 6.07 Å².